The first-order valence-corrected chi connectivity index (χ1v) is 5.90. The molecule has 1 aromatic rings. The highest BCUT2D eigenvalue weighted by molar-refractivity contribution is 6.03. The second-order valence-electron chi connectivity index (χ2n) is 5.25. The van der Waals surface area contributed by atoms with Crippen LogP contribution in [0.3, 0.4) is 0 Å². The van der Waals surface area contributed by atoms with Gasteiger partial charge < -0.3 is 9.57 Å². The summed E-state index contributed by atoms with van der Waals surface area (Å²) >= 11 is 0. The zero-order valence-electron chi connectivity index (χ0n) is 10.9. The first-order chi connectivity index (χ1) is 8.04. The second kappa shape index (κ2) is 4.40. The summed E-state index contributed by atoms with van der Waals surface area (Å²) in [7, 11) is 1.58. The Kier molecular flexibility index (Phi) is 3.09. The van der Waals surface area contributed by atoms with Crippen LogP contribution in [0.25, 0.3) is 0 Å². The number of ether oxygens (including phenoxy) is 1. The highest BCUT2D eigenvalue weighted by Gasteiger charge is 2.25. The fraction of sp³-hybridized carbons (Fsp3) is 0.500. The van der Waals surface area contributed by atoms with Crippen molar-refractivity contribution in [1.29, 1.82) is 0 Å². The van der Waals surface area contributed by atoms with Crippen molar-refractivity contribution in [2.45, 2.75) is 32.6 Å². The molecule has 1 aliphatic heterocycles. The lowest BCUT2D eigenvalue weighted by molar-refractivity contribution is 0.210. The number of hydrogen-bond donors (Lipinski definition) is 0. The number of fused-ring (bicyclic) bond motifs is 1. The van der Waals surface area contributed by atoms with Gasteiger partial charge in [0.2, 0.25) is 0 Å². The van der Waals surface area contributed by atoms with Crippen LogP contribution in [0.5, 0.6) is 5.75 Å². The molecular weight excluding hydrogens is 214 g/mol. The molecule has 0 spiro atoms. The summed E-state index contributed by atoms with van der Waals surface area (Å²) in [5.74, 6) is 0.960. The Balaban J connectivity index is 2.55. The summed E-state index contributed by atoms with van der Waals surface area (Å²) in [6, 6.07) is 6.22. The molecule has 92 valence electrons. The van der Waals surface area contributed by atoms with Gasteiger partial charge in [-0.1, -0.05) is 38.1 Å². The van der Waals surface area contributed by atoms with Crippen LogP contribution >= 0.6 is 0 Å². The molecule has 0 saturated heterocycles. The van der Waals surface area contributed by atoms with E-state index < -0.39 is 0 Å². The van der Waals surface area contributed by atoms with E-state index in [9.17, 15) is 0 Å². The smallest absolute Gasteiger partial charge is 0.132 e. The quantitative estimate of drug-likeness (QED) is 0.698. The van der Waals surface area contributed by atoms with Gasteiger partial charge >= 0.3 is 0 Å². The predicted octanol–water partition coefficient (Wildman–Crippen LogP) is 3.12. The van der Waals surface area contributed by atoms with Crippen LogP contribution in [0.2, 0.25) is 0 Å². The number of oxime groups is 1. The van der Waals surface area contributed by atoms with E-state index in [0.717, 1.165) is 23.4 Å². The van der Waals surface area contributed by atoms with Crippen LogP contribution in [0.1, 0.15) is 38.3 Å². The van der Waals surface area contributed by atoms with Gasteiger partial charge in [0.05, 0.1) is 12.3 Å². The van der Waals surface area contributed by atoms with Crippen LogP contribution in [-0.4, -0.2) is 19.4 Å². The van der Waals surface area contributed by atoms with Gasteiger partial charge in [0.1, 0.15) is 12.9 Å². The van der Waals surface area contributed by atoms with E-state index in [2.05, 4.69) is 38.1 Å². The SMILES string of the molecule is CON=C1CCOc2c1cccc2C(C)(C)C. The Morgan fingerprint density at radius 3 is 2.71 bits per heavy atom. The second-order valence-corrected chi connectivity index (χ2v) is 5.25. The van der Waals surface area contributed by atoms with E-state index in [1.165, 1.54) is 5.56 Å². The highest BCUT2D eigenvalue weighted by atomic mass is 16.6. The first kappa shape index (κ1) is 12.0. The molecule has 1 aliphatic rings. The molecule has 3 heteroatoms. The Morgan fingerprint density at radius 1 is 1.29 bits per heavy atom. The number of rotatable bonds is 1. The molecule has 0 N–H and O–H groups in total. The highest BCUT2D eigenvalue weighted by Crippen LogP contribution is 2.36. The van der Waals surface area contributed by atoms with Crippen molar-refractivity contribution in [2.75, 3.05) is 13.7 Å². The Hall–Kier alpha value is -1.51. The molecular formula is C14H19NO2. The maximum Gasteiger partial charge on any atom is 0.132 e. The van der Waals surface area contributed by atoms with E-state index in [0.29, 0.717) is 6.61 Å². The van der Waals surface area contributed by atoms with Crippen LogP contribution in [0.4, 0.5) is 0 Å². The van der Waals surface area contributed by atoms with Crippen LogP contribution < -0.4 is 4.74 Å². The number of para-hydroxylation sites is 1. The number of benzene rings is 1. The average molecular weight is 233 g/mol. The van der Waals surface area contributed by atoms with Crippen molar-refractivity contribution in [1.82, 2.24) is 0 Å². The van der Waals surface area contributed by atoms with Crippen molar-refractivity contribution >= 4 is 5.71 Å². The van der Waals surface area contributed by atoms with Crippen LogP contribution in [0, 0.1) is 0 Å². The standard InChI is InChI=1S/C14H19NO2/c1-14(2,3)11-7-5-6-10-12(15-16-4)8-9-17-13(10)11/h5-7H,8-9H2,1-4H3. The third-order valence-electron chi connectivity index (χ3n) is 2.92. The lowest BCUT2D eigenvalue weighted by atomic mass is 9.84. The molecule has 0 radical (unpaired) electrons. The lowest BCUT2D eigenvalue weighted by Crippen LogP contribution is -2.21. The van der Waals surface area contributed by atoms with Crippen molar-refractivity contribution in [2.24, 2.45) is 5.16 Å². The summed E-state index contributed by atoms with van der Waals surface area (Å²) in [5.41, 5.74) is 3.32. The molecule has 0 fully saturated rings. The minimum absolute atomic E-state index is 0.0703. The molecule has 2 rings (SSSR count). The molecule has 17 heavy (non-hydrogen) atoms. The molecule has 1 aromatic carbocycles. The fourth-order valence-corrected chi connectivity index (χ4v) is 2.10. The zero-order valence-corrected chi connectivity index (χ0v) is 10.9. The minimum Gasteiger partial charge on any atom is -0.492 e. The molecule has 1 heterocycles. The largest absolute Gasteiger partial charge is 0.492 e. The van der Waals surface area contributed by atoms with Gasteiger partial charge in [-0.2, -0.15) is 0 Å². The molecule has 0 amide bonds. The van der Waals surface area contributed by atoms with E-state index in [4.69, 9.17) is 9.57 Å². The third-order valence-corrected chi connectivity index (χ3v) is 2.92. The van der Waals surface area contributed by atoms with E-state index >= 15 is 0 Å². The lowest BCUT2D eigenvalue weighted by Gasteiger charge is -2.27. The van der Waals surface area contributed by atoms with E-state index in [1.807, 2.05) is 6.07 Å². The summed E-state index contributed by atoms with van der Waals surface area (Å²) in [6.07, 6.45) is 0.800. The third kappa shape index (κ3) is 2.28. The van der Waals surface area contributed by atoms with Crippen molar-refractivity contribution < 1.29 is 9.57 Å². The minimum atomic E-state index is 0.0703. The fourth-order valence-electron chi connectivity index (χ4n) is 2.10. The summed E-state index contributed by atoms with van der Waals surface area (Å²) in [5, 5.41) is 4.08. The Morgan fingerprint density at radius 2 is 2.06 bits per heavy atom. The topological polar surface area (TPSA) is 30.8 Å². The molecule has 0 aliphatic carbocycles. The average Bonchev–Trinajstić information content (AvgIpc) is 2.28. The number of nitrogens with zero attached hydrogens (tertiary/aromatic N) is 1. The van der Waals surface area contributed by atoms with E-state index in [1.54, 1.807) is 7.11 Å². The monoisotopic (exact) mass is 233 g/mol. The van der Waals surface area contributed by atoms with Gasteiger partial charge in [-0.25, -0.2) is 0 Å². The Bertz CT molecular complexity index is 444. The maximum absolute atomic E-state index is 5.82. The summed E-state index contributed by atoms with van der Waals surface area (Å²) in [4.78, 5) is 4.90. The van der Waals surface area contributed by atoms with Crippen molar-refractivity contribution in [3.05, 3.63) is 29.3 Å². The van der Waals surface area contributed by atoms with E-state index in [-0.39, 0.29) is 5.41 Å². The molecule has 0 unspecified atom stereocenters. The van der Waals surface area contributed by atoms with Gasteiger partial charge in [0.15, 0.2) is 0 Å². The van der Waals surface area contributed by atoms with Gasteiger partial charge in [-0.3, -0.25) is 0 Å². The van der Waals surface area contributed by atoms with Crippen LogP contribution in [-0.2, 0) is 10.3 Å². The normalized spacial score (nSPS) is 17.5. The molecule has 0 saturated carbocycles. The number of hydrogen-bond acceptors (Lipinski definition) is 3. The Labute approximate surface area is 102 Å². The maximum atomic E-state index is 5.82. The first-order valence-electron chi connectivity index (χ1n) is 5.90. The van der Waals surface area contributed by atoms with Crippen LogP contribution in [0.15, 0.2) is 23.4 Å². The van der Waals surface area contributed by atoms with Gasteiger partial charge in [0.25, 0.3) is 0 Å². The summed E-state index contributed by atoms with van der Waals surface area (Å²) in [6.45, 7) is 7.23. The molecule has 0 aromatic heterocycles. The van der Waals surface area contributed by atoms with Crippen molar-refractivity contribution in [3.63, 3.8) is 0 Å². The van der Waals surface area contributed by atoms with Gasteiger partial charge in [-0.05, 0) is 11.5 Å². The van der Waals surface area contributed by atoms with Crippen molar-refractivity contribution in [3.8, 4) is 5.75 Å². The molecule has 0 atom stereocenters. The predicted molar refractivity (Wildman–Crippen MR) is 68.8 cm³/mol. The zero-order chi connectivity index (χ0) is 12.5. The van der Waals surface area contributed by atoms with Gasteiger partial charge in [-0.15, -0.1) is 0 Å². The van der Waals surface area contributed by atoms with Gasteiger partial charge in [0, 0.05) is 17.5 Å². The molecule has 3 nitrogen and oxygen atoms in total. The summed E-state index contributed by atoms with van der Waals surface area (Å²) < 4.78 is 5.82. The molecule has 0 bridgehead atoms.